The van der Waals surface area contributed by atoms with Crippen molar-refractivity contribution >= 4 is 29.2 Å². The van der Waals surface area contributed by atoms with Crippen LogP contribution in [0.2, 0.25) is 0 Å². The van der Waals surface area contributed by atoms with Crippen molar-refractivity contribution in [2.75, 3.05) is 17.7 Å². The lowest BCUT2D eigenvalue weighted by atomic mass is 10.2. The molecule has 2 aromatic rings. The van der Waals surface area contributed by atoms with Gasteiger partial charge in [-0.3, -0.25) is 9.59 Å². The number of hydrogen-bond donors (Lipinski definition) is 2. The maximum absolute atomic E-state index is 12.4. The van der Waals surface area contributed by atoms with E-state index in [0.29, 0.717) is 22.7 Å². The van der Waals surface area contributed by atoms with Crippen LogP contribution in [0.4, 0.5) is 11.4 Å². The summed E-state index contributed by atoms with van der Waals surface area (Å²) in [6.07, 6.45) is 0.844. The fourth-order valence-electron chi connectivity index (χ4n) is 2.72. The standard InChI is InChI=1S/C22H24N2O5/c1-13-4-11-19(28-3)18(12-13)24-20(25)14(2)29-22(27)16-7-9-17(10-8-16)23-21(26)15-5-6-15/h4,7-12,14-15H,5-6H2,1-3H3,(H,23,26)(H,24,25). The Morgan fingerprint density at radius 1 is 1.03 bits per heavy atom. The number of esters is 1. The molecule has 3 rings (SSSR count). The highest BCUT2D eigenvalue weighted by Gasteiger charge is 2.29. The van der Waals surface area contributed by atoms with E-state index < -0.39 is 18.0 Å². The minimum atomic E-state index is -0.998. The molecule has 7 heteroatoms. The van der Waals surface area contributed by atoms with Crippen LogP contribution in [0.1, 0.15) is 35.7 Å². The van der Waals surface area contributed by atoms with Crippen molar-refractivity contribution in [3.8, 4) is 5.75 Å². The molecule has 0 radical (unpaired) electrons. The van der Waals surface area contributed by atoms with Crippen molar-refractivity contribution in [1.82, 2.24) is 0 Å². The number of methoxy groups -OCH3 is 1. The van der Waals surface area contributed by atoms with Gasteiger partial charge in [0.15, 0.2) is 6.10 Å². The first-order valence-corrected chi connectivity index (χ1v) is 9.45. The van der Waals surface area contributed by atoms with Crippen LogP contribution in [-0.4, -0.2) is 31.0 Å². The van der Waals surface area contributed by atoms with Crippen LogP contribution in [0.25, 0.3) is 0 Å². The largest absolute Gasteiger partial charge is 0.495 e. The van der Waals surface area contributed by atoms with Gasteiger partial charge in [-0.1, -0.05) is 6.07 Å². The Balaban J connectivity index is 1.57. The molecule has 0 saturated heterocycles. The smallest absolute Gasteiger partial charge is 0.338 e. The van der Waals surface area contributed by atoms with Crippen LogP contribution in [0.3, 0.4) is 0 Å². The molecule has 0 heterocycles. The Hall–Kier alpha value is -3.35. The van der Waals surface area contributed by atoms with Gasteiger partial charge in [0, 0.05) is 11.6 Å². The Labute approximate surface area is 169 Å². The van der Waals surface area contributed by atoms with Crippen molar-refractivity contribution in [2.45, 2.75) is 32.8 Å². The molecule has 152 valence electrons. The number of ether oxygens (including phenoxy) is 2. The number of carbonyl (C=O) groups excluding carboxylic acids is 3. The monoisotopic (exact) mass is 396 g/mol. The summed E-state index contributed by atoms with van der Waals surface area (Å²) in [4.78, 5) is 36.5. The first-order chi connectivity index (χ1) is 13.9. The van der Waals surface area contributed by atoms with E-state index in [1.165, 1.54) is 14.0 Å². The maximum atomic E-state index is 12.4. The summed E-state index contributed by atoms with van der Waals surface area (Å²) in [6, 6.07) is 11.8. The first kappa shape index (κ1) is 20.4. The lowest BCUT2D eigenvalue weighted by molar-refractivity contribution is -0.123. The zero-order valence-electron chi connectivity index (χ0n) is 16.7. The Kier molecular flexibility index (Phi) is 6.16. The average molecular weight is 396 g/mol. The van der Waals surface area contributed by atoms with Gasteiger partial charge in [0.25, 0.3) is 5.91 Å². The van der Waals surface area contributed by atoms with Gasteiger partial charge in [-0.15, -0.1) is 0 Å². The quantitative estimate of drug-likeness (QED) is 0.698. The highest BCUT2D eigenvalue weighted by molar-refractivity contribution is 5.99. The van der Waals surface area contributed by atoms with Gasteiger partial charge in [-0.25, -0.2) is 4.79 Å². The number of nitrogens with one attached hydrogen (secondary N) is 2. The lowest BCUT2D eigenvalue weighted by Gasteiger charge is -2.16. The predicted octanol–water partition coefficient (Wildman–Crippen LogP) is 3.54. The fourth-order valence-corrected chi connectivity index (χ4v) is 2.72. The molecule has 7 nitrogen and oxygen atoms in total. The van der Waals surface area contributed by atoms with Crippen molar-refractivity contribution < 1.29 is 23.9 Å². The summed E-state index contributed by atoms with van der Waals surface area (Å²) in [6.45, 7) is 3.40. The van der Waals surface area contributed by atoms with E-state index in [0.717, 1.165) is 18.4 Å². The summed E-state index contributed by atoms with van der Waals surface area (Å²) >= 11 is 0. The van der Waals surface area contributed by atoms with E-state index >= 15 is 0 Å². The molecule has 0 aromatic heterocycles. The second kappa shape index (κ2) is 8.77. The van der Waals surface area contributed by atoms with E-state index in [1.54, 1.807) is 36.4 Å². The normalized spacial score (nSPS) is 13.9. The maximum Gasteiger partial charge on any atom is 0.338 e. The number of aryl methyl sites for hydroxylation is 1. The molecular weight excluding hydrogens is 372 g/mol. The highest BCUT2D eigenvalue weighted by Crippen LogP contribution is 2.30. The summed E-state index contributed by atoms with van der Waals surface area (Å²) in [5, 5.41) is 5.52. The molecule has 2 amide bonds. The number of anilines is 2. The van der Waals surface area contributed by atoms with Gasteiger partial charge in [-0.2, -0.15) is 0 Å². The first-order valence-electron chi connectivity index (χ1n) is 9.45. The van der Waals surface area contributed by atoms with Gasteiger partial charge in [0.1, 0.15) is 5.75 Å². The fraction of sp³-hybridized carbons (Fsp3) is 0.318. The van der Waals surface area contributed by atoms with Crippen LogP contribution in [0.15, 0.2) is 42.5 Å². The van der Waals surface area contributed by atoms with Crippen LogP contribution >= 0.6 is 0 Å². The SMILES string of the molecule is COc1ccc(C)cc1NC(=O)C(C)OC(=O)c1ccc(NC(=O)C2CC2)cc1. The van der Waals surface area contributed by atoms with E-state index in [-0.39, 0.29) is 11.8 Å². The minimum Gasteiger partial charge on any atom is -0.495 e. The second-order valence-corrected chi connectivity index (χ2v) is 7.08. The van der Waals surface area contributed by atoms with Crippen LogP contribution in [0.5, 0.6) is 5.75 Å². The number of amides is 2. The predicted molar refractivity (Wildman–Crippen MR) is 109 cm³/mol. The molecule has 1 saturated carbocycles. The third-order valence-electron chi connectivity index (χ3n) is 4.60. The molecule has 2 N–H and O–H groups in total. The zero-order valence-corrected chi connectivity index (χ0v) is 16.7. The number of hydrogen-bond acceptors (Lipinski definition) is 5. The second-order valence-electron chi connectivity index (χ2n) is 7.08. The zero-order chi connectivity index (χ0) is 21.0. The summed E-state index contributed by atoms with van der Waals surface area (Å²) < 4.78 is 10.5. The molecule has 0 spiro atoms. The molecule has 29 heavy (non-hydrogen) atoms. The minimum absolute atomic E-state index is 0.00260. The van der Waals surface area contributed by atoms with Crippen molar-refractivity contribution in [2.24, 2.45) is 5.92 Å². The highest BCUT2D eigenvalue weighted by atomic mass is 16.5. The third-order valence-corrected chi connectivity index (χ3v) is 4.60. The molecule has 0 bridgehead atoms. The van der Waals surface area contributed by atoms with Gasteiger partial charge in [-0.05, 0) is 68.7 Å². The van der Waals surface area contributed by atoms with E-state index in [2.05, 4.69) is 10.6 Å². The molecular formula is C22H24N2O5. The van der Waals surface area contributed by atoms with E-state index in [9.17, 15) is 14.4 Å². The average Bonchev–Trinajstić information content (AvgIpc) is 3.54. The number of rotatable bonds is 7. The van der Waals surface area contributed by atoms with E-state index in [1.807, 2.05) is 13.0 Å². The topological polar surface area (TPSA) is 93.7 Å². The van der Waals surface area contributed by atoms with Crippen molar-refractivity contribution in [3.63, 3.8) is 0 Å². The number of carbonyl (C=O) groups is 3. The third kappa shape index (κ3) is 5.34. The van der Waals surface area contributed by atoms with E-state index in [4.69, 9.17) is 9.47 Å². The summed E-state index contributed by atoms with van der Waals surface area (Å²) in [5.41, 5.74) is 2.38. The molecule has 1 aliphatic carbocycles. The summed E-state index contributed by atoms with van der Waals surface area (Å²) in [7, 11) is 1.51. The summed E-state index contributed by atoms with van der Waals surface area (Å²) in [5.74, 6) is -0.464. The van der Waals surface area contributed by atoms with Crippen LogP contribution < -0.4 is 15.4 Å². The molecule has 0 aliphatic heterocycles. The van der Waals surface area contributed by atoms with Crippen LogP contribution in [-0.2, 0) is 14.3 Å². The Morgan fingerprint density at radius 2 is 1.72 bits per heavy atom. The van der Waals surface area contributed by atoms with Crippen molar-refractivity contribution in [3.05, 3.63) is 53.6 Å². The number of benzene rings is 2. The van der Waals surface area contributed by atoms with Crippen molar-refractivity contribution in [1.29, 1.82) is 0 Å². The lowest BCUT2D eigenvalue weighted by Crippen LogP contribution is -2.30. The van der Waals surface area contributed by atoms with Gasteiger partial charge >= 0.3 is 5.97 Å². The molecule has 2 aromatic carbocycles. The van der Waals surface area contributed by atoms with Crippen LogP contribution in [0, 0.1) is 12.8 Å². The Morgan fingerprint density at radius 3 is 2.34 bits per heavy atom. The van der Waals surface area contributed by atoms with Gasteiger partial charge in [0.2, 0.25) is 5.91 Å². The van der Waals surface area contributed by atoms with Gasteiger partial charge in [0.05, 0.1) is 18.4 Å². The molecule has 1 atom stereocenters. The molecule has 1 fully saturated rings. The Bertz CT molecular complexity index is 919. The molecule has 1 aliphatic rings. The van der Waals surface area contributed by atoms with Gasteiger partial charge < -0.3 is 20.1 Å². The molecule has 1 unspecified atom stereocenters.